The van der Waals surface area contributed by atoms with E-state index in [0.717, 1.165) is 22.3 Å². The predicted octanol–water partition coefficient (Wildman–Crippen LogP) is 15.5. The van der Waals surface area contributed by atoms with Crippen LogP contribution in [0, 0.1) is 0 Å². The lowest BCUT2D eigenvalue weighted by Crippen LogP contribution is -2.64. The standard InChI is InChI=1S/C78H66Cl2N4O8/c1-5-89-69(85)53-37-45-60(46-38-53)74(57-25-13-9-14-26-57)75(58-27-15-10-16-28-58,61-47-39-54(40-48-61)70(86)90-6-2)82-73(81-74)84-77(63-31-19-12-20-32-63,64-51-43-56(44-52-64)72(88)92-8-4)76(59-29-17-11-18-30-59,62-49-41-55(42-50-62)71(87)91-7-3)83-78(84,65-33-21-23-35-67(65)79)66-34-22-24-36-68(66)80/h9-52,83H,5-8H2,1-4H3,(H,81,82). The third-order valence-electron chi connectivity index (χ3n) is 17.5. The molecule has 10 aromatic rings. The number of carbonyl (C=O) groups excluding carboxylic acids is 4. The summed E-state index contributed by atoms with van der Waals surface area (Å²) in [5.74, 6) is -1.71. The van der Waals surface area contributed by atoms with Gasteiger partial charge < -0.3 is 24.3 Å². The Morgan fingerprint density at radius 2 is 0.641 bits per heavy atom. The van der Waals surface area contributed by atoms with E-state index in [1.54, 1.807) is 76.2 Å². The number of nitrogens with one attached hydrogen (secondary N) is 2. The quantitative estimate of drug-likeness (QED) is 0.0625. The molecule has 1 saturated heterocycles. The maximum Gasteiger partial charge on any atom is 0.338 e. The number of hydrogen-bond acceptors (Lipinski definition) is 12. The van der Waals surface area contributed by atoms with E-state index in [-0.39, 0.29) is 32.4 Å². The molecule has 4 atom stereocenters. The van der Waals surface area contributed by atoms with E-state index in [1.807, 2.05) is 182 Å². The zero-order chi connectivity index (χ0) is 64.1. The van der Waals surface area contributed by atoms with E-state index in [1.165, 1.54) is 0 Å². The van der Waals surface area contributed by atoms with Gasteiger partial charge in [0.05, 0.1) is 48.7 Å². The summed E-state index contributed by atoms with van der Waals surface area (Å²) < 4.78 is 22.5. The van der Waals surface area contributed by atoms with Crippen LogP contribution in [0.1, 0.15) is 125 Å². The zero-order valence-corrected chi connectivity index (χ0v) is 52.7. The van der Waals surface area contributed by atoms with Crippen molar-refractivity contribution in [3.63, 3.8) is 0 Å². The van der Waals surface area contributed by atoms with Gasteiger partial charge in [0.15, 0.2) is 11.6 Å². The molecule has 2 aliphatic heterocycles. The fourth-order valence-corrected chi connectivity index (χ4v) is 14.4. The van der Waals surface area contributed by atoms with Crippen molar-refractivity contribution < 1.29 is 38.1 Å². The van der Waals surface area contributed by atoms with E-state index in [9.17, 15) is 19.2 Å². The summed E-state index contributed by atoms with van der Waals surface area (Å²) in [5.41, 5.74) is -0.262. The third kappa shape index (κ3) is 10.1. The number of rotatable bonds is 18. The van der Waals surface area contributed by atoms with Gasteiger partial charge in [-0.15, -0.1) is 0 Å². The Labute approximate surface area is 545 Å². The summed E-state index contributed by atoms with van der Waals surface area (Å²) in [4.78, 5) is 64.3. The first-order valence-electron chi connectivity index (χ1n) is 30.7. The van der Waals surface area contributed by atoms with Crippen LogP contribution in [-0.4, -0.2) is 61.2 Å². The Morgan fingerprint density at radius 3 is 1.02 bits per heavy atom. The highest BCUT2D eigenvalue weighted by atomic mass is 35.5. The third-order valence-corrected chi connectivity index (χ3v) is 18.2. The molecule has 0 saturated carbocycles. The molecule has 2 N–H and O–H groups in total. The molecule has 12 nitrogen and oxygen atoms in total. The van der Waals surface area contributed by atoms with Crippen LogP contribution in [-0.2, 0) is 46.8 Å². The molecule has 0 radical (unpaired) electrons. The first-order valence-corrected chi connectivity index (χ1v) is 31.5. The van der Waals surface area contributed by atoms with E-state index in [0.29, 0.717) is 65.7 Å². The van der Waals surface area contributed by atoms with Gasteiger partial charge in [-0.05, 0) is 133 Å². The van der Waals surface area contributed by atoms with Crippen molar-refractivity contribution >= 4 is 53.0 Å². The molecule has 12 rings (SSSR count). The molecular formula is C78H66Cl2N4O8. The normalized spacial score (nSPS) is 19.7. The highest BCUT2D eigenvalue weighted by Crippen LogP contribution is 2.67. The summed E-state index contributed by atoms with van der Waals surface area (Å²) in [6.07, 6.45) is 0. The topological polar surface area (TPSA) is 145 Å². The van der Waals surface area contributed by atoms with Crippen LogP contribution < -0.4 is 10.6 Å². The molecule has 460 valence electrons. The Hall–Kier alpha value is -10.1. The monoisotopic (exact) mass is 1260 g/mol. The molecule has 92 heavy (non-hydrogen) atoms. The summed E-state index contributed by atoms with van der Waals surface area (Å²) in [5, 5.41) is 9.59. The smallest absolute Gasteiger partial charge is 0.338 e. The first kappa shape index (κ1) is 62.1. The number of halogens is 2. The van der Waals surface area contributed by atoms with Gasteiger partial charge in [0, 0.05) is 21.2 Å². The maximum absolute atomic E-state index is 14.0. The second kappa shape index (κ2) is 26.0. The van der Waals surface area contributed by atoms with E-state index < -0.39 is 51.7 Å². The SMILES string of the molecule is CCOC(=O)c1ccc(C2(c3ccccc3)N=C(N3C(c4ccccc4Cl)(c4ccccc4Cl)NC(c4ccccc4)(c4ccc(C(=O)OCC)cc4)C3(c3ccccc3)c3ccc(C(=O)OCC)cc3)NC2(c2ccccc2)c2ccc(C(=O)OCC)cc2)cc1. The molecule has 0 spiro atoms. The second-order valence-electron chi connectivity index (χ2n) is 22.3. The molecule has 1 fully saturated rings. The Bertz CT molecular complexity index is 4290. The van der Waals surface area contributed by atoms with Crippen molar-refractivity contribution in [3.8, 4) is 0 Å². The average Bonchev–Trinajstić information content (AvgIpc) is 1.47. The number of hydrogen-bond donors (Lipinski definition) is 2. The molecule has 0 aliphatic carbocycles. The fraction of sp³-hybridized carbons (Fsp3) is 0.167. The lowest BCUT2D eigenvalue weighted by molar-refractivity contribution is 0.0516. The van der Waals surface area contributed by atoms with Gasteiger partial charge in [-0.25, -0.2) is 24.2 Å². The van der Waals surface area contributed by atoms with E-state index >= 15 is 0 Å². The minimum absolute atomic E-state index is 0.151. The van der Waals surface area contributed by atoms with Crippen LogP contribution in [0.2, 0.25) is 10.0 Å². The van der Waals surface area contributed by atoms with Crippen LogP contribution in [0.4, 0.5) is 0 Å². The fourth-order valence-electron chi connectivity index (χ4n) is 13.9. The molecule has 4 unspecified atom stereocenters. The predicted molar refractivity (Wildman–Crippen MR) is 358 cm³/mol. The van der Waals surface area contributed by atoms with Crippen molar-refractivity contribution in [2.45, 2.75) is 55.5 Å². The van der Waals surface area contributed by atoms with Crippen molar-refractivity contribution in [1.29, 1.82) is 0 Å². The van der Waals surface area contributed by atoms with Gasteiger partial charge in [-0.1, -0.05) is 229 Å². The van der Waals surface area contributed by atoms with Gasteiger partial charge in [-0.3, -0.25) is 10.2 Å². The van der Waals surface area contributed by atoms with Crippen LogP contribution in [0.5, 0.6) is 0 Å². The van der Waals surface area contributed by atoms with Crippen molar-refractivity contribution in [3.05, 3.63) is 355 Å². The van der Waals surface area contributed by atoms with Gasteiger partial charge in [0.1, 0.15) is 22.2 Å². The minimum atomic E-state index is -1.79. The van der Waals surface area contributed by atoms with Crippen LogP contribution in [0.3, 0.4) is 0 Å². The van der Waals surface area contributed by atoms with Crippen molar-refractivity contribution in [2.24, 2.45) is 4.99 Å². The molecule has 0 aromatic heterocycles. The number of ether oxygens (including phenoxy) is 4. The highest BCUT2D eigenvalue weighted by Gasteiger charge is 2.75. The number of nitrogens with zero attached hydrogens (tertiary/aromatic N) is 2. The van der Waals surface area contributed by atoms with Crippen LogP contribution in [0.25, 0.3) is 0 Å². The number of guanidine groups is 1. The Balaban J connectivity index is 1.36. The number of carbonyl (C=O) groups is 4. The van der Waals surface area contributed by atoms with Gasteiger partial charge in [-0.2, -0.15) is 0 Å². The minimum Gasteiger partial charge on any atom is -0.462 e. The summed E-state index contributed by atoms with van der Waals surface area (Å²) in [6.45, 7) is 7.74. The van der Waals surface area contributed by atoms with Crippen molar-refractivity contribution in [2.75, 3.05) is 26.4 Å². The van der Waals surface area contributed by atoms with Gasteiger partial charge in [0.25, 0.3) is 0 Å². The van der Waals surface area contributed by atoms with E-state index in [2.05, 4.69) is 51.9 Å². The molecule has 14 heteroatoms. The molecular weight excluding hydrogens is 1190 g/mol. The van der Waals surface area contributed by atoms with E-state index in [4.69, 9.17) is 47.1 Å². The first-order chi connectivity index (χ1) is 44.9. The lowest BCUT2D eigenvalue weighted by atomic mass is 9.62. The Morgan fingerprint density at radius 1 is 0.359 bits per heavy atom. The molecule has 10 aromatic carbocycles. The van der Waals surface area contributed by atoms with Crippen molar-refractivity contribution in [1.82, 2.24) is 15.5 Å². The Kier molecular flexibility index (Phi) is 17.6. The molecule has 0 bridgehead atoms. The highest BCUT2D eigenvalue weighted by molar-refractivity contribution is 6.32. The summed E-state index contributed by atoms with van der Waals surface area (Å²) >= 11 is 16.0. The van der Waals surface area contributed by atoms with Crippen LogP contribution >= 0.6 is 23.2 Å². The lowest BCUT2D eigenvalue weighted by Gasteiger charge is -2.53. The maximum atomic E-state index is 14.0. The van der Waals surface area contributed by atoms with Gasteiger partial charge >= 0.3 is 23.9 Å². The summed E-state index contributed by atoms with van der Waals surface area (Å²) in [6, 6.07) is 85.4. The average molecular weight is 1260 g/mol. The number of aliphatic imine (C=N–C) groups is 1. The largest absolute Gasteiger partial charge is 0.462 e. The zero-order valence-electron chi connectivity index (χ0n) is 51.1. The van der Waals surface area contributed by atoms with Gasteiger partial charge in [0.2, 0.25) is 0 Å². The van der Waals surface area contributed by atoms with Crippen LogP contribution in [0.15, 0.2) is 272 Å². The summed E-state index contributed by atoms with van der Waals surface area (Å²) in [7, 11) is 0. The second-order valence-corrected chi connectivity index (χ2v) is 23.1. The number of benzene rings is 10. The number of esters is 4. The molecule has 2 heterocycles. The molecule has 2 aliphatic rings. The molecule has 0 amide bonds.